The van der Waals surface area contributed by atoms with Crippen LogP contribution in [0.4, 0.5) is 20.6 Å². The number of amides is 2. The number of rotatable bonds is 3. The number of carbonyl (C=O) groups excluding carboxylic acids is 1. The van der Waals surface area contributed by atoms with Gasteiger partial charge >= 0.3 is 6.03 Å². The summed E-state index contributed by atoms with van der Waals surface area (Å²) in [7, 11) is 0. The minimum atomic E-state index is -0.539. The molecule has 1 aromatic carbocycles. The van der Waals surface area contributed by atoms with Gasteiger partial charge in [-0.05, 0) is 18.2 Å². The second kappa shape index (κ2) is 7.01. The largest absolute Gasteiger partial charge is 0.365 e. The van der Waals surface area contributed by atoms with Gasteiger partial charge in [-0.15, -0.1) is 0 Å². The summed E-state index contributed by atoms with van der Waals surface area (Å²) in [5.74, 6) is -0.539. The van der Waals surface area contributed by atoms with Crippen LogP contribution in [0.3, 0.4) is 0 Å². The maximum atomic E-state index is 13.1. The van der Waals surface area contributed by atoms with Gasteiger partial charge in [-0.1, -0.05) is 34.8 Å². The number of benzene rings is 1. The Kier molecular flexibility index (Phi) is 4.99. The van der Waals surface area contributed by atoms with Gasteiger partial charge in [0.25, 0.3) is 0 Å². The second-order valence-electron chi connectivity index (χ2n) is 5.28. The summed E-state index contributed by atoms with van der Waals surface area (Å²) in [6.45, 7) is 1.14. The molecule has 0 unspecified atom stereocenters. The SMILES string of the molecule is O=C(Nc1ccc(F)c(Cl)c1)NC1CN(c2c(Cl)cncc2Cl)C1. The Labute approximate surface area is 152 Å². The van der Waals surface area contributed by atoms with Crippen LogP contribution in [-0.2, 0) is 0 Å². The molecule has 0 bridgehead atoms. The van der Waals surface area contributed by atoms with E-state index in [0.29, 0.717) is 34.5 Å². The van der Waals surface area contributed by atoms with Gasteiger partial charge in [0, 0.05) is 31.2 Å². The molecule has 0 saturated carbocycles. The van der Waals surface area contributed by atoms with Crippen molar-refractivity contribution in [1.82, 2.24) is 10.3 Å². The van der Waals surface area contributed by atoms with Crippen LogP contribution in [0.1, 0.15) is 0 Å². The van der Waals surface area contributed by atoms with Crippen LogP contribution in [0.15, 0.2) is 30.6 Å². The lowest BCUT2D eigenvalue weighted by Gasteiger charge is -2.41. The third-order valence-corrected chi connectivity index (χ3v) is 4.38. The zero-order valence-corrected chi connectivity index (χ0v) is 14.5. The molecule has 1 aromatic heterocycles. The number of halogens is 4. The van der Waals surface area contributed by atoms with Crippen LogP contribution < -0.4 is 15.5 Å². The molecule has 0 spiro atoms. The van der Waals surface area contributed by atoms with E-state index in [1.54, 1.807) is 0 Å². The van der Waals surface area contributed by atoms with E-state index < -0.39 is 11.8 Å². The third kappa shape index (κ3) is 3.66. The van der Waals surface area contributed by atoms with Gasteiger partial charge in [0.15, 0.2) is 0 Å². The molecule has 2 heterocycles. The molecule has 24 heavy (non-hydrogen) atoms. The van der Waals surface area contributed by atoms with E-state index in [9.17, 15) is 9.18 Å². The summed E-state index contributed by atoms with van der Waals surface area (Å²) in [6.07, 6.45) is 3.04. The standard InChI is InChI=1S/C15H12Cl3FN4O/c16-10-3-8(1-2-13(10)19)21-15(24)22-9-6-23(7-9)14-11(17)4-20-5-12(14)18/h1-5,9H,6-7H2,(H2,21,22,24). The summed E-state index contributed by atoms with van der Waals surface area (Å²) < 4.78 is 13.1. The Morgan fingerprint density at radius 3 is 2.46 bits per heavy atom. The summed E-state index contributed by atoms with van der Waals surface area (Å²) >= 11 is 17.9. The summed E-state index contributed by atoms with van der Waals surface area (Å²) in [6, 6.07) is 3.52. The fourth-order valence-electron chi connectivity index (χ4n) is 2.39. The first-order chi connectivity index (χ1) is 11.4. The monoisotopic (exact) mass is 388 g/mol. The van der Waals surface area contributed by atoms with Gasteiger partial charge in [-0.25, -0.2) is 9.18 Å². The number of nitrogens with zero attached hydrogens (tertiary/aromatic N) is 2. The number of pyridine rings is 1. The zero-order valence-electron chi connectivity index (χ0n) is 12.2. The maximum Gasteiger partial charge on any atom is 0.319 e. The molecule has 2 N–H and O–H groups in total. The lowest BCUT2D eigenvalue weighted by atomic mass is 10.1. The van der Waals surface area contributed by atoms with Gasteiger partial charge in [0.1, 0.15) is 5.82 Å². The highest BCUT2D eigenvalue weighted by atomic mass is 35.5. The van der Waals surface area contributed by atoms with E-state index in [2.05, 4.69) is 15.6 Å². The number of aromatic nitrogens is 1. The molecule has 5 nitrogen and oxygen atoms in total. The van der Waals surface area contributed by atoms with Crippen LogP contribution in [0, 0.1) is 5.82 Å². The smallest absolute Gasteiger partial charge is 0.319 e. The Morgan fingerprint density at radius 1 is 1.17 bits per heavy atom. The number of carbonyl (C=O) groups is 1. The molecule has 0 atom stereocenters. The highest BCUT2D eigenvalue weighted by Gasteiger charge is 2.30. The van der Waals surface area contributed by atoms with Crippen LogP contribution in [-0.4, -0.2) is 30.1 Å². The molecule has 1 saturated heterocycles. The molecule has 0 radical (unpaired) electrons. The maximum absolute atomic E-state index is 13.1. The fourth-order valence-corrected chi connectivity index (χ4v) is 3.17. The summed E-state index contributed by atoms with van der Waals surface area (Å²) in [5, 5.41) is 6.29. The van der Waals surface area contributed by atoms with Gasteiger partial charge in [-0.2, -0.15) is 0 Å². The number of nitrogens with one attached hydrogen (secondary N) is 2. The van der Waals surface area contributed by atoms with Gasteiger partial charge < -0.3 is 15.5 Å². The third-order valence-electron chi connectivity index (χ3n) is 3.54. The Morgan fingerprint density at radius 2 is 1.83 bits per heavy atom. The number of urea groups is 1. The number of anilines is 2. The Bertz CT molecular complexity index is 763. The molecular weight excluding hydrogens is 378 g/mol. The van der Waals surface area contributed by atoms with Crippen molar-refractivity contribution < 1.29 is 9.18 Å². The zero-order chi connectivity index (χ0) is 17.3. The van der Waals surface area contributed by atoms with Crippen LogP contribution in [0.5, 0.6) is 0 Å². The van der Waals surface area contributed by atoms with Crippen molar-refractivity contribution in [3.63, 3.8) is 0 Å². The van der Waals surface area contributed by atoms with Gasteiger partial charge in [-0.3, -0.25) is 4.98 Å². The normalized spacial score (nSPS) is 14.2. The second-order valence-corrected chi connectivity index (χ2v) is 6.50. The van der Waals surface area contributed by atoms with Crippen molar-refractivity contribution in [3.05, 3.63) is 51.5 Å². The van der Waals surface area contributed by atoms with Crippen molar-refractivity contribution in [2.45, 2.75) is 6.04 Å². The predicted molar refractivity (Wildman–Crippen MR) is 93.8 cm³/mol. The van der Waals surface area contributed by atoms with Crippen LogP contribution in [0.25, 0.3) is 0 Å². The molecule has 1 aliphatic heterocycles. The summed E-state index contributed by atoms with van der Waals surface area (Å²) in [4.78, 5) is 17.8. The lowest BCUT2D eigenvalue weighted by molar-refractivity contribution is 0.246. The van der Waals surface area contributed by atoms with Crippen molar-refractivity contribution in [2.24, 2.45) is 0 Å². The van der Waals surface area contributed by atoms with Crippen molar-refractivity contribution >= 4 is 52.2 Å². The molecule has 1 fully saturated rings. The quantitative estimate of drug-likeness (QED) is 0.827. The van der Waals surface area contributed by atoms with Crippen molar-refractivity contribution in [3.8, 4) is 0 Å². The van der Waals surface area contributed by atoms with E-state index in [-0.39, 0.29) is 11.1 Å². The minimum Gasteiger partial charge on any atom is -0.365 e. The van der Waals surface area contributed by atoms with E-state index >= 15 is 0 Å². The number of hydrogen-bond acceptors (Lipinski definition) is 3. The van der Waals surface area contributed by atoms with Crippen LogP contribution >= 0.6 is 34.8 Å². The first kappa shape index (κ1) is 17.1. The topological polar surface area (TPSA) is 57.3 Å². The molecule has 0 aliphatic carbocycles. The van der Waals surface area contributed by atoms with Crippen molar-refractivity contribution in [1.29, 1.82) is 0 Å². The summed E-state index contributed by atoms with van der Waals surface area (Å²) in [5.41, 5.74) is 1.12. The Balaban J connectivity index is 1.53. The first-order valence-electron chi connectivity index (χ1n) is 7.00. The lowest BCUT2D eigenvalue weighted by Crippen LogP contribution is -2.60. The van der Waals surface area contributed by atoms with E-state index in [1.165, 1.54) is 30.6 Å². The molecular formula is C15H12Cl3FN4O. The fraction of sp³-hybridized carbons (Fsp3) is 0.200. The molecule has 1 aliphatic rings. The van der Waals surface area contributed by atoms with E-state index in [4.69, 9.17) is 34.8 Å². The molecule has 2 amide bonds. The molecule has 2 aromatic rings. The molecule has 9 heteroatoms. The highest BCUT2D eigenvalue weighted by Crippen LogP contribution is 2.35. The first-order valence-corrected chi connectivity index (χ1v) is 8.14. The molecule has 126 valence electrons. The Hall–Kier alpha value is -1.76. The van der Waals surface area contributed by atoms with Crippen LogP contribution in [0.2, 0.25) is 15.1 Å². The minimum absolute atomic E-state index is 0.0513. The van der Waals surface area contributed by atoms with Gasteiger partial charge in [0.05, 0.1) is 26.8 Å². The van der Waals surface area contributed by atoms with E-state index in [1.807, 2.05) is 4.90 Å². The van der Waals surface area contributed by atoms with Gasteiger partial charge in [0.2, 0.25) is 0 Å². The predicted octanol–water partition coefficient (Wildman–Crippen LogP) is 4.19. The highest BCUT2D eigenvalue weighted by molar-refractivity contribution is 6.39. The average molecular weight is 390 g/mol. The van der Waals surface area contributed by atoms with E-state index in [0.717, 1.165) is 0 Å². The molecule has 3 rings (SSSR count). The van der Waals surface area contributed by atoms with Crippen molar-refractivity contribution in [2.75, 3.05) is 23.3 Å². The number of hydrogen-bond donors (Lipinski definition) is 2. The average Bonchev–Trinajstić information content (AvgIpc) is 2.48.